The summed E-state index contributed by atoms with van der Waals surface area (Å²) in [5.74, 6) is 0. The molecule has 0 spiro atoms. The fourth-order valence-electron chi connectivity index (χ4n) is 0.786. The van der Waals surface area contributed by atoms with Crippen molar-refractivity contribution in [3.8, 4) is 0 Å². The second kappa shape index (κ2) is 6.15. The van der Waals surface area contributed by atoms with Crippen molar-refractivity contribution < 1.29 is 43.2 Å². The zero-order valence-corrected chi connectivity index (χ0v) is 11.7. The van der Waals surface area contributed by atoms with E-state index in [2.05, 4.69) is 0 Å². The molecule has 0 bridgehead atoms. The molecule has 1 aromatic rings. The van der Waals surface area contributed by atoms with Crippen LogP contribution in [0, 0.1) is 10.1 Å². The van der Waals surface area contributed by atoms with Gasteiger partial charge in [-0.2, -0.15) is 0 Å². The summed E-state index contributed by atoms with van der Waals surface area (Å²) >= 11 is 8.35. The predicted octanol–water partition coefficient (Wildman–Crippen LogP) is -0.856. The zero-order chi connectivity index (χ0) is 10.9. The quantitative estimate of drug-likeness (QED) is 0.305. The molecule has 0 aliphatic rings. The van der Waals surface area contributed by atoms with E-state index in [9.17, 15) is 18.9 Å². The van der Waals surface area contributed by atoms with Crippen LogP contribution in [0.3, 0.4) is 0 Å². The number of hydrogen-bond donors (Lipinski definition) is 0. The van der Waals surface area contributed by atoms with Crippen molar-refractivity contribution in [1.82, 2.24) is 0 Å². The molecule has 15 heavy (non-hydrogen) atoms. The van der Waals surface area contributed by atoms with Gasteiger partial charge in [0.2, 0.25) is 0 Å². The van der Waals surface area contributed by atoms with Gasteiger partial charge in [0.1, 0.15) is 5.02 Å². The number of rotatable bonds is 2. The number of hydrogen-bond acceptors (Lipinski definition) is 4. The van der Waals surface area contributed by atoms with Crippen LogP contribution in [0.15, 0.2) is 17.0 Å². The molecule has 76 valence electrons. The van der Waals surface area contributed by atoms with Gasteiger partial charge in [-0.3, -0.25) is 14.3 Å². The molecule has 0 aliphatic heterocycles. The van der Waals surface area contributed by atoms with Gasteiger partial charge in [-0.15, -0.1) is 0 Å². The second-order valence-electron chi connectivity index (χ2n) is 2.23. The van der Waals surface area contributed by atoms with E-state index in [1.807, 2.05) is 0 Å². The van der Waals surface area contributed by atoms with Crippen LogP contribution in [0.5, 0.6) is 0 Å². The largest absolute Gasteiger partial charge is 1.00 e. The maximum absolute atomic E-state index is 10.6. The molecule has 0 heterocycles. The molecule has 0 amide bonds. The van der Waals surface area contributed by atoms with E-state index in [-0.39, 0.29) is 44.5 Å². The van der Waals surface area contributed by atoms with Crippen LogP contribution in [-0.4, -0.2) is 13.7 Å². The van der Waals surface area contributed by atoms with E-state index >= 15 is 0 Å². The SMILES string of the molecule is O=[N+]([O-])c1cc(S(=O)[O-])c(Cl)cc1Cl.[Na+]. The van der Waals surface area contributed by atoms with Gasteiger partial charge in [-0.25, -0.2) is 0 Å². The zero-order valence-electron chi connectivity index (χ0n) is 7.40. The fraction of sp³-hybridized carbons (Fsp3) is 0. The Morgan fingerprint density at radius 2 is 1.80 bits per heavy atom. The third kappa shape index (κ3) is 3.67. The summed E-state index contributed by atoms with van der Waals surface area (Å²) in [4.78, 5) is 9.26. The van der Waals surface area contributed by atoms with Crippen molar-refractivity contribution in [3.05, 3.63) is 32.3 Å². The Labute approximate surface area is 119 Å². The van der Waals surface area contributed by atoms with E-state index in [1.54, 1.807) is 0 Å². The van der Waals surface area contributed by atoms with Crippen LogP contribution in [0.25, 0.3) is 0 Å². The van der Waals surface area contributed by atoms with E-state index in [0.29, 0.717) is 0 Å². The average molecular weight is 278 g/mol. The minimum atomic E-state index is -2.62. The summed E-state index contributed by atoms with van der Waals surface area (Å²) < 4.78 is 21.1. The molecule has 1 unspecified atom stereocenters. The standard InChI is InChI=1S/C6H3Cl2NO4S.Na/c7-3-1-4(8)6(14(12)13)2-5(3)9(10)11;/h1-2H,(H,12,13);/q;+1/p-1. The van der Waals surface area contributed by atoms with Gasteiger partial charge in [0.25, 0.3) is 5.69 Å². The maximum Gasteiger partial charge on any atom is 1.00 e. The molecule has 0 N–H and O–H groups in total. The molecule has 1 atom stereocenters. The first-order valence-electron chi connectivity index (χ1n) is 3.16. The number of nitrogens with zero attached hydrogens (tertiary/aromatic N) is 1. The smallest absolute Gasteiger partial charge is 0.768 e. The molecular weight excluding hydrogens is 276 g/mol. The number of nitro benzene ring substituents is 1. The number of benzene rings is 1. The molecule has 0 radical (unpaired) electrons. The van der Waals surface area contributed by atoms with E-state index in [1.165, 1.54) is 0 Å². The van der Waals surface area contributed by atoms with E-state index < -0.39 is 21.7 Å². The molecule has 0 aliphatic carbocycles. The van der Waals surface area contributed by atoms with Crippen LogP contribution in [0.2, 0.25) is 10.0 Å². The summed E-state index contributed by atoms with van der Waals surface area (Å²) in [6.07, 6.45) is 0. The summed E-state index contributed by atoms with van der Waals surface area (Å²) in [5, 5.41) is 10.0. The van der Waals surface area contributed by atoms with Crippen molar-refractivity contribution in [2.45, 2.75) is 4.90 Å². The van der Waals surface area contributed by atoms with Crippen LogP contribution in [-0.2, 0) is 11.1 Å². The third-order valence-corrected chi connectivity index (χ3v) is 2.80. The normalized spacial score (nSPS) is 11.7. The minimum Gasteiger partial charge on any atom is -0.768 e. The predicted molar refractivity (Wildman–Crippen MR) is 50.3 cm³/mol. The van der Waals surface area contributed by atoms with Crippen molar-refractivity contribution in [2.75, 3.05) is 0 Å². The fourth-order valence-corrected chi connectivity index (χ4v) is 1.85. The van der Waals surface area contributed by atoms with Gasteiger partial charge in [0.15, 0.2) is 0 Å². The Hall–Kier alpha value is 0.310. The minimum absolute atomic E-state index is 0. The Kier molecular flexibility index (Phi) is 6.27. The van der Waals surface area contributed by atoms with Gasteiger partial charge in [-0.1, -0.05) is 23.2 Å². The first-order chi connectivity index (χ1) is 6.43. The monoisotopic (exact) mass is 277 g/mol. The molecule has 9 heteroatoms. The molecule has 0 saturated heterocycles. The summed E-state index contributed by atoms with van der Waals surface area (Å²) in [6.45, 7) is 0. The second-order valence-corrected chi connectivity index (χ2v) is 3.95. The Balaban J connectivity index is 0.00000196. The number of halogens is 2. The topological polar surface area (TPSA) is 83.3 Å². The first kappa shape index (κ1) is 15.3. The summed E-state index contributed by atoms with van der Waals surface area (Å²) in [5.41, 5.74) is -0.490. The Morgan fingerprint density at radius 1 is 1.27 bits per heavy atom. The number of nitro groups is 1. The van der Waals surface area contributed by atoms with Gasteiger partial charge < -0.3 is 4.55 Å². The van der Waals surface area contributed by atoms with Gasteiger partial charge in [-0.05, 0) is 17.1 Å². The van der Waals surface area contributed by atoms with Crippen molar-refractivity contribution in [1.29, 1.82) is 0 Å². The van der Waals surface area contributed by atoms with Crippen LogP contribution in [0.4, 0.5) is 5.69 Å². The van der Waals surface area contributed by atoms with Crippen LogP contribution in [0.1, 0.15) is 0 Å². The van der Waals surface area contributed by atoms with Gasteiger partial charge in [0.05, 0.1) is 14.8 Å². The molecule has 1 aromatic carbocycles. The first-order valence-corrected chi connectivity index (χ1v) is 4.99. The Morgan fingerprint density at radius 3 is 2.20 bits per heavy atom. The van der Waals surface area contributed by atoms with Crippen molar-refractivity contribution in [2.24, 2.45) is 0 Å². The van der Waals surface area contributed by atoms with Gasteiger partial charge in [0, 0.05) is 6.07 Å². The molecule has 0 fully saturated rings. The molecule has 1 rings (SSSR count). The maximum atomic E-state index is 10.6. The summed E-state index contributed by atoms with van der Waals surface area (Å²) in [6, 6.07) is 1.83. The van der Waals surface area contributed by atoms with Crippen LogP contribution >= 0.6 is 23.2 Å². The summed E-state index contributed by atoms with van der Waals surface area (Å²) in [7, 11) is 0. The van der Waals surface area contributed by atoms with Crippen molar-refractivity contribution >= 4 is 40.0 Å². The van der Waals surface area contributed by atoms with Gasteiger partial charge >= 0.3 is 29.6 Å². The Bertz CT molecular complexity index is 393. The molecule has 0 saturated carbocycles. The molecule has 0 aromatic heterocycles. The third-order valence-electron chi connectivity index (χ3n) is 1.38. The van der Waals surface area contributed by atoms with Crippen LogP contribution < -0.4 is 29.6 Å². The average Bonchev–Trinajstić information content (AvgIpc) is 2.02. The van der Waals surface area contributed by atoms with E-state index in [0.717, 1.165) is 12.1 Å². The van der Waals surface area contributed by atoms with E-state index in [4.69, 9.17) is 23.2 Å². The molecular formula is C6H2Cl2NNaO4S. The molecule has 5 nitrogen and oxygen atoms in total. The van der Waals surface area contributed by atoms with Crippen molar-refractivity contribution in [3.63, 3.8) is 0 Å².